The van der Waals surface area contributed by atoms with E-state index in [1.807, 2.05) is 0 Å². The molecule has 0 amide bonds. The lowest BCUT2D eigenvalue weighted by molar-refractivity contribution is -0.191. The van der Waals surface area contributed by atoms with E-state index in [2.05, 4.69) is 106 Å². The SMILES string of the molecule is CC(=O)C1(C(/C=C/[C@@H](C)[C@H]2CC[C@H]3/C(=C/C=C4C[C@@H](O[Si](C)(C)C(C)(C)C)C[C@H](O[Si](C)(C)C(C)(C)C)C4)CCC[C@]23C)OC2CCCCO2)CC1. The first-order valence-electron chi connectivity index (χ1n) is 21.3. The second kappa shape index (κ2) is 16.0. The van der Waals surface area contributed by atoms with Crippen molar-refractivity contribution >= 4 is 22.4 Å². The number of hydrogen-bond donors (Lipinski definition) is 0. The highest BCUT2D eigenvalue weighted by atomic mass is 28.4. The highest BCUT2D eigenvalue weighted by Gasteiger charge is 2.55. The standard InChI is InChI=1S/C45H78O5Si2/c1-32(19-24-40(45(26-27-45)33(2)46)48-41-18-14-15-28-47-41)38-22-23-39-35(17-16-25-44(38,39)9)21-20-34-29-36(49-51(10,11)42(3,4)5)31-37(30-34)50-52(12,13)43(6,7)8/h19-21,24,32,36-41H,14-18,22-23,25-31H2,1-13H3/b24-19+,35-21+/t32-,36-,37-,38-,39+,40?,41?,44-/m1/s1. The predicted octanol–water partition coefficient (Wildman–Crippen LogP) is 12.5. The van der Waals surface area contributed by atoms with Gasteiger partial charge in [-0.1, -0.05) is 90.8 Å². The summed E-state index contributed by atoms with van der Waals surface area (Å²) in [5, 5.41) is 0.378. The number of hydrogen-bond acceptors (Lipinski definition) is 5. The van der Waals surface area contributed by atoms with Gasteiger partial charge in [0, 0.05) is 6.61 Å². The molecule has 0 radical (unpaired) electrons. The molecule has 5 rings (SSSR count). The third kappa shape index (κ3) is 9.40. The van der Waals surface area contributed by atoms with Gasteiger partial charge in [0.05, 0.1) is 23.7 Å². The Morgan fingerprint density at radius 1 is 0.846 bits per heavy atom. The Bertz CT molecular complexity index is 1300. The van der Waals surface area contributed by atoms with Crippen molar-refractivity contribution in [2.24, 2.45) is 28.6 Å². The molecule has 0 spiro atoms. The Kier molecular flexibility index (Phi) is 13.0. The van der Waals surface area contributed by atoms with Gasteiger partial charge in [-0.3, -0.25) is 4.79 Å². The van der Waals surface area contributed by atoms with Crippen LogP contribution in [-0.2, 0) is 23.1 Å². The van der Waals surface area contributed by atoms with E-state index >= 15 is 0 Å². The second-order valence-electron chi connectivity index (χ2n) is 21.1. The summed E-state index contributed by atoms with van der Waals surface area (Å²) in [7, 11) is -3.82. The minimum atomic E-state index is -1.91. The lowest BCUT2D eigenvalue weighted by Gasteiger charge is -2.45. The van der Waals surface area contributed by atoms with Gasteiger partial charge in [-0.15, -0.1) is 0 Å². The number of fused-ring (bicyclic) bond motifs is 1. The number of ketones is 1. The number of allylic oxidation sites excluding steroid dienone is 4. The van der Waals surface area contributed by atoms with Crippen molar-refractivity contribution in [3.8, 4) is 0 Å². The van der Waals surface area contributed by atoms with Gasteiger partial charge in [0.25, 0.3) is 0 Å². The van der Waals surface area contributed by atoms with Gasteiger partial charge in [0.2, 0.25) is 0 Å². The minimum absolute atomic E-state index is 0.182. The van der Waals surface area contributed by atoms with Crippen molar-refractivity contribution in [2.45, 2.75) is 207 Å². The quantitative estimate of drug-likeness (QED) is 0.147. The molecule has 4 aliphatic carbocycles. The highest BCUT2D eigenvalue weighted by molar-refractivity contribution is 6.74. The molecule has 4 saturated carbocycles. The van der Waals surface area contributed by atoms with E-state index < -0.39 is 16.6 Å². The first-order valence-corrected chi connectivity index (χ1v) is 27.1. The molecule has 0 aromatic heterocycles. The molecule has 0 aromatic carbocycles. The van der Waals surface area contributed by atoms with Gasteiger partial charge < -0.3 is 18.3 Å². The van der Waals surface area contributed by atoms with Crippen LogP contribution in [0.25, 0.3) is 0 Å². The van der Waals surface area contributed by atoms with Crippen LogP contribution in [0.15, 0.2) is 35.5 Å². The van der Waals surface area contributed by atoms with E-state index in [1.54, 1.807) is 12.5 Å². The summed E-state index contributed by atoms with van der Waals surface area (Å²) in [6.07, 6.45) is 24.2. The zero-order valence-electron chi connectivity index (χ0n) is 35.8. The molecule has 8 atom stereocenters. The van der Waals surface area contributed by atoms with Gasteiger partial charge in [-0.25, -0.2) is 0 Å². The van der Waals surface area contributed by atoms with Crippen molar-refractivity contribution in [1.82, 2.24) is 0 Å². The Morgan fingerprint density at radius 3 is 1.98 bits per heavy atom. The molecule has 0 N–H and O–H groups in total. The molecule has 296 valence electrons. The van der Waals surface area contributed by atoms with Crippen LogP contribution in [0.2, 0.25) is 36.3 Å². The fourth-order valence-corrected chi connectivity index (χ4v) is 12.5. The molecule has 52 heavy (non-hydrogen) atoms. The smallest absolute Gasteiger partial charge is 0.192 e. The average molecular weight is 755 g/mol. The van der Waals surface area contributed by atoms with E-state index in [0.717, 1.165) is 58.0 Å². The van der Waals surface area contributed by atoms with E-state index in [0.29, 0.717) is 23.2 Å². The predicted molar refractivity (Wildman–Crippen MR) is 221 cm³/mol. The number of carbonyl (C=O) groups excluding carboxylic acids is 1. The molecule has 5 aliphatic rings. The molecule has 5 fully saturated rings. The monoisotopic (exact) mass is 755 g/mol. The summed E-state index contributed by atoms with van der Waals surface area (Å²) in [4.78, 5) is 12.8. The molecular formula is C45H78O5Si2. The lowest BCUT2D eigenvalue weighted by Crippen LogP contribution is -2.48. The van der Waals surface area contributed by atoms with Gasteiger partial charge in [0.15, 0.2) is 22.9 Å². The lowest BCUT2D eigenvalue weighted by atomic mass is 9.61. The summed E-state index contributed by atoms with van der Waals surface area (Å²) in [5.74, 6) is 1.97. The van der Waals surface area contributed by atoms with Gasteiger partial charge in [-0.2, -0.15) is 0 Å². The Hall–Kier alpha value is -0.836. The van der Waals surface area contributed by atoms with Crippen molar-refractivity contribution in [3.05, 3.63) is 35.5 Å². The van der Waals surface area contributed by atoms with Crippen molar-refractivity contribution < 1.29 is 23.1 Å². The third-order valence-corrected chi connectivity index (χ3v) is 24.4. The molecule has 1 saturated heterocycles. The fourth-order valence-electron chi connectivity index (χ4n) is 9.72. The van der Waals surface area contributed by atoms with E-state index in [4.69, 9.17) is 18.3 Å². The molecule has 2 unspecified atom stereocenters. The number of ether oxygens (including phenoxy) is 2. The molecular weight excluding hydrogens is 677 g/mol. The Morgan fingerprint density at radius 2 is 1.46 bits per heavy atom. The van der Waals surface area contributed by atoms with Crippen LogP contribution in [0.3, 0.4) is 0 Å². The molecule has 5 nitrogen and oxygen atoms in total. The highest BCUT2D eigenvalue weighted by Crippen LogP contribution is 2.60. The Balaban J connectivity index is 1.32. The largest absolute Gasteiger partial charge is 0.414 e. The van der Waals surface area contributed by atoms with Crippen LogP contribution in [0, 0.1) is 28.6 Å². The maximum atomic E-state index is 12.8. The number of Topliss-reactive ketones (excluding diaryl/α,β-unsaturated/α-hetero) is 1. The summed E-state index contributed by atoms with van der Waals surface area (Å²) < 4.78 is 26.8. The average Bonchev–Trinajstić information content (AvgIpc) is 3.77. The molecule has 1 heterocycles. The van der Waals surface area contributed by atoms with Gasteiger partial charge >= 0.3 is 0 Å². The van der Waals surface area contributed by atoms with Crippen LogP contribution < -0.4 is 0 Å². The molecule has 7 heteroatoms. The normalized spacial score (nSPS) is 33.6. The Labute approximate surface area is 321 Å². The summed E-state index contributed by atoms with van der Waals surface area (Å²) >= 11 is 0. The first-order chi connectivity index (χ1) is 24.1. The van der Waals surface area contributed by atoms with Crippen molar-refractivity contribution in [1.29, 1.82) is 0 Å². The summed E-state index contributed by atoms with van der Waals surface area (Å²) in [6.45, 7) is 31.3. The fraction of sp³-hybridized carbons (Fsp3) is 0.844. The van der Waals surface area contributed by atoms with Crippen LogP contribution in [0.1, 0.15) is 146 Å². The van der Waals surface area contributed by atoms with E-state index in [9.17, 15) is 4.79 Å². The van der Waals surface area contributed by atoms with Crippen LogP contribution in [-0.4, -0.2) is 53.6 Å². The van der Waals surface area contributed by atoms with E-state index in [-0.39, 0.29) is 45.9 Å². The van der Waals surface area contributed by atoms with E-state index in [1.165, 1.54) is 37.7 Å². The van der Waals surface area contributed by atoms with Crippen LogP contribution in [0.4, 0.5) is 0 Å². The molecule has 0 bridgehead atoms. The second-order valence-corrected chi connectivity index (χ2v) is 30.6. The zero-order chi connectivity index (χ0) is 38.3. The third-order valence-electron chi connectivity index (χ3n) is 15.3. The van der Waals surface area contributed by atoms with Crippen molar-refractivity contribution in [2.75, 3.05) is 6.61 Å². The zero-order valence-corrected chi connectivity index (χ0v) is 37.8. The van der Waals surface area contributed by atoms with Crippen molar-refractivity contribution in [3.63, 3.8) is 0 Å². The number of carbonyl (C=O) groups is 1. The van der Waals surface area contributed by atoms with Crippen LogP contribution >= 0.6 is 0 Å². The number of rotatable bonds is 12. The van der Waals surface area contributed by atoms with Gasteiger partial charge in [0.1, 0.15) is 5.78 Å². The maximum absolute atomic E-state index is 12.8. The summed E-state index contributed by atoms with van der Waals surface area (Å²) in [5.41, 5.74) is 3.12. The first kappa shape index (κ1) is 42.3. The maximum Gasteiger partial charge on any atom is 0.192 e. The summed E-state index contributed by atoms with van der Waals surface area (Å²) in [6, 6.07) is 0. The van der Waals surface area contributed by atoms with Crippen LogP contribution in [0.5, 0.6) is 0 Å². The molecule has 1 aliphatic heterocycles. The minimum Gasteiger partial charge on any atom is -0.414 e. The topological polar surface area (TPSA) is 54.0 Å². The molecule has 0 aromatic rings. The van der Waals surface area contributed by atoms with Gasteiger partial charge in [-0.05, 0) is 150 Å².